The van der Waals surface area contributed by atoms with Gasteiger partial charge in [0.1, 0.15) is 0 Å². The fourth-order valence-electron chi connectivity index (χ4n) is 2.17. The van der Waals surface area contributed by atoms with Crippen LogP contribution in [0.1, 0.15) is 45.4 Å². The summed E-state index contributed by atoms with van der Waals surface area (Å²) in [6.45, 7) is 1.92. The molecule has 1 aliphatic rings. The molecule has 1 aliphatic carbocycles. The Kier molecular flexibility index (Phi) is 6.74. The van der Waals surface area contributed by atoms with Gasteiger partial charge in [-0.25, -0.2) is 13.1 Å². The normalized spacial score (nSPS) is 24.7. The van der Waals surface area contributed by atoms with Crippen molar-refractivity contribution >= 4 is 16.0 Å². The van der Waals surface area contributed by atoms with Crippen molar-refractivity contribution in [1.29, 1.82) is 0 Å². The van der Waals surface area contributed by atoms with Crippen molar-refractivity contribution in [3.05, 3.63) is 0 Å². The molecule has 0 radical (unpaired) electrons. The van der Waals surface area contributed by atoms with Crippen LogP contribution in [0.2, 0.25) is 0 Å². The molecule has 0 aliphatic heterocycles. The molecule has 2 atom stereocenters. The molecule has 112 valence electrons. The Balaban J connectivity index is 2.46. The zero-order valence-corrected chi connectivity index (χ0v) is 12.1. The van der Waals surface area contributed by atoms with E-state index in [1.54, 1.807) is 6.92 Å². The van der Waals surface area contributed by atoms with Gasteiger partial charge in [0.2, 0.25) is 10.0 Å². The van der Waals surface area contributed by atoms with Gasteiger partial charge in [0.15, 0.2) is 0 Å². The predicted octanol–water partition coefficient (Wildman–Crippen LogP) is 0.553. The topological polar surface area (TPSA) is 92.7 Å². The largest absolute Gasteiger partial charge is 0.466 e. The van der Waals surface area contributed by atoms with Crippen molar-refractivity contribution in [2.24, 2.45) is 0 Å². The molecule has 7 heteroatoms. The Morgan fingerprint density at radius 2 is 2.00 bits per heavy atom. The van der Waals surface area contributed by atoms with Crippen LogP contribution in [0.4, 0.5) is 0 Å². The highest BCUT2D eigenvalue weighted by Crippen LogP contribution is 2.18. The number of rotatable bonds is 6. The second kappa shape index (κ2) is 7.81. The maximum Gasteiger partial charge on any atom is 0.306 e. The molecule has 1 fully saturated rings. The molecule has 0 aromatic heterocycles. The van der Waals surface area contributed by atoms with Gasteiger partial charge >= 0.3 is 5.97 Å². The third-order valence-corrected chi connectivity index (χ3v) is 4.59. The van der Waals surface area contributed by atoms with Gasteiger partial charge in [-0.05, 0) is 19.8 Å². The molecule has 19 heavy (non-hydrogen) atoms. The average Bonchev–Trinajstić information content (AvgIpc) is 2.53. The van der Waals surface area contributed by atoms with Crippen molar-refractivity contribution in [1.82, 2.24) is 4.72 Å². The summed E-state index contributed by atoms with van der Waals surface area (Å²) in [7, 11) is -3.55. The monoisotopic (exact) mass is 293 g/mol. The zero-order valence-electron chi connectivity index (χ0n) is 11.3. The summed E-state index contributed by atoms with van der Waals surface area (Å²) in [4.78, 5) is 11.1. The van der Waals surface area contributed by atoms with Crippen molar-refractivity contribution in [3.8, 4) is 0 Å². The molecule has 0 bridgehead atoms. The van der Waals surface area contributed by atoms with E-state index in [4.69, 9.17) is 0 Å². The van der Waals surface area contributed by atoms with E-state index in [-0.39, 0.29) is 18.8 Å². The summed E-state index contributed by atoms with van der Waals surface area (Å²) in [5.74, 6) is -0.816. The Labute approximate surface area is 114 Å². The predicted molar refractivity (Wildman–Crippen MR) is 71.1 cm³/mol. The smallest absolute Gasteiger partial charge is 0.306 e. The van der Waals surface area contributed by atoms with Crippen molar-refractivity contribution in [3.63, 3.8) is 0 Å². The second-order valence-electron chi connectivity index (χ2n) is 4.80. The number of aliphatic hydroxyl groups is 1. The lowest BCUT2D eigenvalue weighted by Crippen LogP contribution is -2.43. The number of ether oxygens (including phenoxy) is 1. The molecule has 0 heterocycles. The van der Waals surface area contributed by atoms with Crippen LogP contribution in [0.3, 0.4) is 0 Å². The summed E-state index contributed by atoms with van der Waals surface area (Å²) >= 11 is 0. The molecule has 2 N–H and O–H groups in total. The number of hydrogen-bond acceptors (Lipinski definition) is 5. The number of esters is 1. The number of aliphatic hydroxyl groups excluding tert-OH is 1. The molecule has 1 saturated carbocycles. The number of sulfonamides is 1. The Hall–Kier alpha value is -0.660. The Bertz CT molecular complexity index is 382. The molecular formula is C12H23NO5S. The SMILES string of the molecule is CCOC(=O)CCS(=O)(=O)NC1CCCCCC1O. The van der Waals surface area contributed by atoms with Gasteiger partial charge in [-0.2, -0.15) is 0 Å². The highest BCUT2D eigenvalue weighted by Gasteiger charge is 2.26. The average molecular weight is 293 g/mol. The van der Waals surface area contributed by atoms with E-state index >= 15 is 0 Å². The molecule has 2 unspecified atom stereocenters. The van der Waals surface area contributed by atoms with Gasteiger partial charge in [0, 0.05) is 6.04 Å². The van der Waals surface area contributed by atoms with Crippen LogP contribution in [0.15, 0.2) is 0 Å². The Morgan fingerprint density at radius 1 is 1.32 bits per heavy atom. The van der Waals surface area contributed by atoms with Gasteiger partial charge in [-0.1, -0.05) is 19.3 Å². The van der Waals surface area contributed by atoms with E-state index in [0.717, 1.165) is 19.3 Å². The molecule has 0 spiro atoms. The number of carbonyl (C=O) groups excluding carboxylic acids is 1. The van der Waals surface area contributed by atoms with E-state index in [0.29, 0.717) is 12.8 Å². The minimum absolute atomic E-state index is 0.161. The van der Waals surface area contributed by atoms with Crippen LogP contribution in [-0.4, -0.2) is 44.0 Å². The molecule has 1 rings (SSSR count). The second-order valence-corrected chi connectivity index (χ2v) is 6.68. The minimum Gasteiger partial charge on any atom is -0.466 e. The van der Waals surface area contributed by atoms with Gasteiger partial charge in [-0.15, -0.1) is 0 Å². The van der Waals surface area contributed by atoms with Crippen LogP contribution in [0.25, 0.3) is 0 Å². The highest BCUT2D eigenvalue weighted by molar-refractivity contribution is 7.89. The van der Waals surface area contributed by atoms with E-state index in [1.165, 1.54) is 0 Å². The van der Waals surface area contributed by atoms with Crippen LogP contribution in [0, 0.1) is 0 Å². The first-order valence-electron chi connectivity index (χ1n) is 6.78. The lowest BCUT2D eigenvalue weighted by molar-refractivity contribution is -0.142. The minimum atomic E-state index is -3.55. The van der Waals surface area contributed by atoms with Crippen LogP contribution in [-0.2, 0) is 19.6 Å². The Morgan fingerprint density at radius 3 is 2.68 bits per heavy atom. The number of nitrogens with one attached hydrogen (secondary N) is 1. The molecule has 0 aromatic carbocycles. The van der Waals surface area contributed by atoms with Crippen molar-refractivity contribution < 1.29 is 23.1 Å². The van der Waals surface area contributed by atoms with Crippen LogP contribution < -0.4 is 4.72 Å². The number of carbonyl (C=O) groups is 1. The van der Waals surface area contributed by atoms with Gasteiger partial charge in [-0.3, -0.25) is 4.79 Å². The van der Waals surface area contributed by atoms with Gasteiger partial charge in [0.05, 0.1) is 24.9 Å². The lowest BCUT2D eigenvalue weighted by atomic mass is 10.1. The summed E-state index contributed by atoms with van der Waals surface area (Å²) < 4.78 is 30.9. The molecule has 0 amide bonds. The molecule has 0 aromatic rings. The fourth-order valence-corrected chi connectivity index (χ4v) is 3.46. The first-order valence-corrected chi connectivity index (χ1v) is 8.43. The molecule has 6 nitrogen and oxygen atoms in total. The van der Waals surface area contributed by atoms with E-state index in [2.05, 4.69) is 9.46 Å². The van der Waals surface area contributed by atoms with E-state index < -0.39 is 28.1 Å². The number of hydrogen-bond donors (Lipinski definition) is 2. The van der Waals surface area contributed by atoms with Crippen LogP contribution in [0.5, 0.6) is 0 Å². The third kappa shape index (κ3) is 6.35. The van der Waals surface area contributed by atoms with Crippen LogP contribution >= 0.6 is 0 Å². The first kappa shape index (κ1) is 16.4. The fraction of sp³-hybridized carbons (Fsp3) is 0.917. The van der Waals surface area contributed by atoms with Crippen molar-refractivity contribution in [2.45, 2.75) is 57.6 Å². The lowest BCUT2D eigenvalue weighted by Gasteiger charge is -2.21. The first-order chi connectivity index (χ1) is 8.94. The maximum absolute atomic E-state index is 11.8. The highest BCUT2D eigenvalue weighted by atomic mass is 32.2. The third-order valence-electron chi connectivity index (χ3n) is 3.19. The standard InChI is InChI=1S/C12H23NO5S/c1-2-18-12(15)8-9-19(16,17)13-10-6-4-3-5-7-11(10)14/h10-11,13-14H,2-9H2,1H3. The zero-order chi connectivity index (χ0) is 14.3. The quantitative estimate of drug-likeness (QED) is 0.551. The van der Waals surface area contributed by atoms with E-state index in [9.17, 15) is 18.3 Å². The maximum atomic E-state index is 11.8. The molecular weight excluding hydrogens is 270 g/mol. The summed E-state index contributed by atoms with van der Waals surface area (Å²) in [5.41, 5.74) is 0. The van der Waals surface area contributed by atoms with E-state index in [1.807, 2.05) is 0 Å². The summed E-state index contributed by atoms with van der Waals surface area (Å²) in [6.07, 6.45) is 3.29. The van der Waals surface area contributed by atoms with Crippen molar-refractivity contribution in [2.75, 3.05) is 12.4 Å². The molecule has 0 saturated heterocycles. The van der Waals surface area contributed by atoms with Gasteiger partial charge in [0.25, 0.3) is 0 Å². The summed E-state index contributed by atoms with van der Waals surface area (Å²) in [6, 6.07) is -0.435. The summed E-state index contributed by atoms with van der Waals surface area (Å²) in [5, 5.41) is 9.86. The van der Waals surface area contributed by atoms with Gasteiger partial charge < -0.3 is 9.84 Å².